The van der Waals surface area contributed by atoms with Gasteiger partial charge in [0.25, 0.3) is 5.91 Å². The maximum Gasteiger partial charge on any atom is 0.261 e. The molecule has 3 heteroatoms. The fourth-order valence-corrected chi connectivity index (χ4v) is 2.14. The van der Waals surface area contributed by atoms with Crippen LogP contribution in [0.25, 0.3) is 10.8 Å². The smallest absolute Gasteiger partial charge is 0.261 e. The Morgan fingerprint density at radius 1 is 1.15 bits per heavy atom. The van der Waals surface area contributed by atoms with E-state index in [4.69, 9.17) is 4.74 Å². The van der Waals surface area contributed by atoms with E-state index in [9.17, 15) is 4.79 Å². The summed E-state index contributed by atoms with van der Waals surface area (Å²) in [4.78, 5) is 12.0. The van der Waals surface area contributed by atoms with E-state index in [2.05, 4.69) is 5.32 Å². The third-order valence-electron chi connectivity index (χ3n) is 3.23. The second-order valence-corrected chi connectivity index (χ2v) is 4.78. The van der Waals surface area contributed by atoms with Crippen molar-refractivity contribution in [2.45, 2.75) is 32.8 Å². The summed E-state index contributed by atoms with van der Waals surface area (Å²) in [5.41, 5.74) is 0. The molecule has 3 nitrogen and oxygen atoms in total. The SMILES string of the molecule is CCCNC(=O)[C@@H](CC)Oc1cccc2ccccc12. The number of nitrogens with one attached hydrogen (secondary N) is 1. The van der Waals surface area contributed by atoms with Gasteiger partial charge in [0.15, 0.2) is 6.10 Å². The number of benzene rings is 2. The van der Waals surface area contributed by atoms with Crippen LogP contribution in [0.15, 0.2) is 42.5 Å². The molecule has 0 saturated heterocycles. The third kappa shape index (κ3) is 3.29. The summed E-state index contributed by atoms with van der Waals surface area (Å²) in [5.74, 6) is 0.726. The van der Waals surface area contributed by atoms with Crippen LogP contribution < -0.4 is 10.1 Å². The summed E-state index contributed by atoms with van der Waals surface area (Å²) >= 11 is 0. The zero-order valence-corrected chi connectivity index (χ0v) is 12.1. The Hall–Kier alpha value is -2.03. The van der Waals surface area contributed by atoms with Crippen molar-refractivity contribution in [3.05, 3.63) is 42.5 Å². The first-order valence-corrected chi connectivity index (χ1v) is 7.18. The highest BCUT2D eigenvalue weighted by atomic mass is 16.5. The molecule has 0 heterocycles. The van der Waals surface area contributed by atoms with Gasteiger partial charge in [-0.2, -0.15) is 0 Å². The van der Waals surface area contributed by atoms with Crippen LogP contribution in [0.1, 0.15) is 26.7 Å². The maximum absolute atomic E-state index is 12.0. The summed E-state index contributed by atoms with van der Waals surface area (Å²) in [6, 6.07) is 13.9. The molecule has 0 aliphatic carbocycles. The van der Waals surface area contributed by atoms with Gasteiger partial charge in [0.1, 0.15) is 5.75 Å². The van der Waals surface area contributed by atoms with E-state index < -0.39 is 6.10 Å². The molecular formula is C17H21NO2. The van der Waals surface area contributed by atoms with Crippen molar-refractivity contribution in [3.8, 4) is 5.75 Å². The maximum atomic E-state index is 12.0. The van der Waals surface area contributed by atoms with Crippen molar-refractivity contribution >= 4 is 16.7 Å². The van der Waals surface area contributed by atoms with Crippen molar-refractivity contribution in [2.75, 3.05) is 6.54 Å². The lowest BCUT2D eigenvalue weighted by molar-refractivity contribution is -0.128. The average molecular weight is 271 g/mol. The van der Waals surface area contributed by atoms with Crippen LogP contribution in [-0.2, 0) is 4.79 Å². The lowest BCUT2D eigenvalue weighted by Gasteiger charge is -2.18. The molecule has 0 spiro atoms. The number of carbonyl (C=O) groups is 1. The zero-order chi connectivity index (χ0) is 14.4. The predicted molar refractivity (Wildman–Crippen MR) is 82.0 cm³/mol. The lowest BCUT2D eigenvalue weighted by atomic mass is 10.1. The number of hydrogen-bond donors (Lipinski definition) is 1. The van der Waals surface area contributed by atoms with Crippen LogP contribution in [0, 0.1) is 0 Å². The largest absolute Gasteiger partial charge is 0.480 e. The average Bonchev–Trinajstić information content (AvgIpc) is 2.50. The van der Waals surface area contributed by atoms with E-state index in [1.165, 1.54) is 0 Å². The van der Waals surface area contributed by atoms with Crippen molar-refractivity contribution in [1.29, 1.82) is 0 Å². The van der Waals surface area contributed by atoms with Crippen molar-refractivity contribution < 1.29 is 9.53 Å². The number of carbonyl (C=O) groups excluding carboxylic acids is 1. The van der Waals surface area contributed by atoms with Gasteiger partial charge in [0, 0.05) is 11.9 Å². The minimum Gasteiger partial charge on any atom is -0.480 e. The van der Waals surface area contributed by atoms with Crippen LogP contribution in [0.3, 0.4) is 0 Å². The summed E-state index contributed by atoms with van der Waals surface area (Å²) in [6.07, 6.45) is 1.14. The van der Waals surface area contributed by atoms with E-state index in [0.29, 0.717) is 13.0 Å². The second-order valence-electron chi connectivity index (χ2n) is 4.78. The minimum absolute atomic E-state index is 0.0396. The molecule has 1 N–H and O–H groups in total. The normalized spacial score (nSPS) is 12.1. The van der Waals surface area contributed by atoms with Gasteiger partial charge in [-0.25, -0.2) is 0 Å². The Kier molecular flexibility index (Phi) is 4.99. The van der Waals surface area contributed by atoms with Crippen molar-refractivity contribution in [3.63, 3.8) is 0 Å². The second kappa shape index (κ2) is 6.94. The van der Waals surface area contributed by atoms with Crippen LogP contribution >= 0.6 is 0 Å². The molecule has 0 aliphatic heterocycles. The molecule has 0 saturated carbocycles. The molecule has 2 aromatic carbocycles. The molecule has 0 unspecified atom stereocenters. The van der Waals surface area contributed by atoms with Crippen LogP contribution in [0.2, 0.25) is 0 Å². The standard InChI is InChI=1S/C17H21NO2/c1-3-12-18-17(19)15(4-2)20-16-11-7-9-13-8-5-6-10-14(13)16/h5-11,15H,3-4,12H2,1-2H3,(H,18,19)/t15-/m1/s1. The number of fused-ring (bicyclic) bond motifs is 1. The highest BCUT2D eigenvalue weighted by Gasteiger charge is 2.18. The molecule has 2 rings (SSSR count). The Balaban J connectivity index is 2.19. The summed E-state index contributed by atoms with van der Waals surface area (Å²) in [6.45, 7) is 4.68. The molecule has 2 aromatic rings. The Bertz CT molecular complexity index is 575. The molecule has 106 valence electrons. The quantitative estimate of drug-likeness (QED) is 0.873. The lowest BCUT2D eigenvalue weighted by Crippen LogP contribution is -2.38. The van der Waals surface area contributed by atoms with Gasteiger partial charge in [-0.1, -0.05) is 50.2 Å². The highest BCUT2D eigenvalue weighted by molar-refractivity contribution is 5.89. The van der Waals surface area contributed by atoms with E-state index in [-0.39, 0.29) is 5.91 Å². The van der Waals surface area contributed by atoms with Crippen molar-refractivity contribution in [1.82, 2.24) is 5.32 Å². The monoisotopic (exact) mass is 271 g/mol. The first-order chi connectivity index (χ1) is 9.76. The Morgan fingerprint density at radius 2 is 1.90 bits per heavy atom. The summed E-state index contributed by atoms with van der Waals surface area (Å²) in [7, 11) is 0. The van der Waals surface area contributed by atoms with Crippen molar-refractivity contribution in [2.24, 2.45) is 0 Å². The van der Waals surface area contributed by atoms with Gasteiger partial charge in [-0.3, -0.25) is 4.79 Å². The topological polar surface area (TPSA) is 38.3 Å². The van der Waals surface area contributed by atoms with Gasteiger partial charge >= 0.3 is 0 Å². The first kappa shape index (κ1) is 14.4. The predicted octanol–water partition coefficient (Wildman–Crippen LogP) is 3.52. The van der Waals surface area contributed by atoms with Crippen LogP contribution in [0.4, 0.5) is 0 Å². The molecule has 0 aliphatic rings. The fourth-order valence-electron chi connectivity index (χ4n) is 2.14. The summed E-state index contributed by atoms with van der Waals surface area (Å²) in [5, 5.41) is 5.05. The van der Waals surface area contributed by atoms with Gasteiger partial charge < -0.3 is 10.1 Å². The van der Waals surface area contributed by atoms with Gasteiger partial charge in [-0.15, -0.1) is 0 Å². The Labute approximate surface area is 119 Å². The van der Waals surface area contributed by atoms with Gasteiger partial charge in [-0.05, 0) is 24.3 Å². The number of ether oxygens (including phenoxy) is 1. The van der Waals surface area contributed by atoms with Crippen LogP contribution in [0.5, 0.6) is 5.75 Å². The third-order valence-corrected chi connectivity index (χ3v) is 3.23. The Morgan fingerprint density at radius 3 is 2.65 bits per heavy atom. The number of rotatable bonds is 6. The summed E-state index contributed by atoms with van der Waals surface area (Å²) < 4.78 is 5.92. The number of amides is 1. The number of hydrogen-bond acceptors (Lipinski definition) is 2. The molecule has 0 bridgehead atoms. The molecular weight excluding hydrogens is 250 g/mol. The molecule has 1 amide bonds. The van der Waals surface area contributed by atoms with E-state index in [1.54, 1.807) is 0 Å². The molecule has 20 heavy (non-hydrogen) atoms. The molecule has 0 aromatic heterocycles. The minimum atomic E-state index is -0.438. The van der Waals surface area contributed by atoms with E-state index in [1.807, 2.05) is 56.3 Å². The van der Waals surface area contributed by atoms with E-state index in [0.717, 1.165) is 22.9 Å². The van der Waals surface area contributed by atoms with Gasteiger partial charge in [0.05, 0.1) is 0 Å². The highest BCUT2D eigenvalue weighted by Crippen LogP contribution is 2.26. The molecule has 1 atom stereocenters. The molecule has 0 fully saturated rings. The molecule has 0 radical (unpaired) electrons. The van der Waals surface area contributed by atoms with E-state index >= 15 is 0 Å². The zero-order valence-electron chi connectivity index (χ0n) is 12.1. The first-order valence-electron chi connectivity index (χ1n) is 7.18. The van der Waals surface area contributed by atoms with Crippen LogP contribution in [-0.4, -0.2) is 18.6 Å². The van der Waals surface area contributed by atoms with Gasteiger partial charge in [0.2, 0.25) is 0 Å². The fraction of sp³-hybridized carbons (Fsp3) is 0.353.